The van der Waals surface area contributed by atoms with Crippen molar-refractivity contribution in [1.29, 1.82) is 0 Å². The average molecular weight is 273 g/mol. The number of rotatable bonds is 6. The summed E-state index contributed by atoms with van der Waals surface area (Å²) >= 11 is 0. The lowest BCUT2D eigenvalue weighted by molar-refractivity contribution is 0.299. The third-order valence-corrected chi connectivity index (χ3v) is 3.69. The van der Waals surface area contributed by atoms with Gasteiger partial charge in [0.05, 0.1) is 11.0 Å². The quantitative estimate of drug-likeness (QED) is 0.871. The van der Waals surface area contributed by atoms with Crippen molar-refractivity contribution < 1.29 is 0 Å². The molecular formula is C17H27N3. The molecule has 0 bridgehead atoms. The maximum atomic E-state index is 5.98. The number of hydrogen-bond donors (Lipinski definition) is 1. The molecule has 0 fully saturated rings. The molecule has 3 nitrogen and oxygen atoms in total. The molecule has 1 aromatic carbocycles. The highest BCUT2D eigenvalue weighted by molar-refractivity contribution is 5.75. The summed E-state index contributed by atoms with van der Waals surface area (Å²) in [4.78, 5) is 4.85. The van der Waals surface area contributed by atoms with E-state index < -0.39 is 0 Å². The summed E-state index contributed by atoms with van der Waals surface area (Å²) in [5.74, 6) is 1.19. The van der Waals surface area contributed by atoms with E-state index in [1.807, 2.05) is 0 Å². The van der Waals surface area contributed by atoms with Gasteiger partial charge < -0.3 is 10.3 Å². The van der Waals surface area contributed by atoms with E-state index >= 15 is 0 Å². The molecule has 1 heterocycles. The molecule has 1 atom stereocenters. The van der Waals surface area contributed by atoms with Crippen molar-refractivity contribution in [3.8, 4) is 0 Å². The molecular weight excluding hydrogens is 246 g/mol. The Morgan fingerprint density at radius 3 is 2.65 bits per heavy atom. The van der Waals surface area contributed by atoms with Crippen LogP contribution in [0.3, 0.4) is 0 Å². The highest BCUT2D eigenvalue weighted by Crippen LogP contribution is 2.28. The summed E-state index contributed by atoms with van der Waals surface area (Å²) in [7, 11) is 0. The number of benzene rings is 1. The minimum absolute atomic E-state index is 0.182. The number of aryl methyl sites for hydroxylation is 1. The Bertz CT molecular complexity index is 567. The monoisotopic (exact) mass is 273 g/mol. The minimum Gasteiger partial charge on any atom is -0.328 e. The number of nitrogens with two attached hydrogens (primary N) is 1. The lowest BCUT2D eigenvalue weighted by Gasteiger charge is -2.26. The largest absolute Gasteiger partial charge is 0.328 e. The van der Waals surface area contributed by atoms with Crippen molar-refractivity contribution in [2.45, 2.75) is 59.5 Å². The first-order valence-electron chi connectivity index (χ1n) is 7.62. The fraction of sp³-hybridized carbons (Fsp3) is 0.588. The molecule has 1 unspecified atom stereocenters. The summed E-state index contributed by atoms with van der Waals surface area (Å²) < 4.78 is 2.37. The van der Waals surface area contributed by atoms with Crippen LogP contribution in [-0.4, -0.2) is 15.6 Å². The van der Waals surface area contributed by atoms with Crippen LogP contribution in [0.25, 0.3) is 11.0 Å². The first-order chi connectivity index (χ1) is 9.43. The molecule has 0 aliphatic carbocycles. The average Bonchev–Trinajstić information content (AvgIpc) is 2.65. The summed E-state index contributed by atoms with van der Waals surface area (Å²) in [6.07, 6.45) is 3.12. The van der Waals surface area contributed by atoms with Gasteiger partial charge in [-0.3, -0.25) is 0 Å². The molecule has 0 aliphatic heterocycles. The fourth-order valence-corrected chi connectivity index (χ4v) is 3.11. The molecule has 2 N–H and O–H groups in total. The Morgan fingerprint density at radius 2 is 2.00 bits per heavy atom. The third-order valence-electron chi connectivity index (χ3n) is 3.69. The summed E-state index contributed by atoms with van der Waals surface area (Å²) in [5.41, 5.74) is 8.51. The van der Waals surface area contributed by atoms with Crippen molar-refractivity contribution in [2.24, 2.45) is 11.1 Å². The smallest absolute Gasteiger partial charge is 0.110 e. The molecule has 0 radical (unpaired) electrons. The van der Waals surface area contributed by atoms with Gasteiger partial charge in [0.25, 0.3) is 0 Å². The van der Waals surface area contributed by atoms with Crippen LogP contribution in [0, 0.1) is 5.41 Å². The van der Waals surface area contributed by atoms with Crippen molar-refractivity contribution in [1.82, 2.24) is 9.55 Å². The lowest BCUT2D eigenvalue weighted by Crippen LogP contribution is -2.27. The normalized spacial score (nSPS) is 13.8. The van der Waals surface area contributed by atoms with Gasteiger partial charge in [-0.2, -0.15) is 0 Å². The molecule has 0 aliphatic rings. The molecule has 0 saturated heterocycles. The Balaban J connectivity index is 2.35. The zero-order valence-corrected chi connectivity index (χ0v) is 13.2. The molecule has 1 aromatic heterocycles. The van der Waals surface area contributed by atoms with Crippen LogP contribution in [0.4, 0.5) is 0 Å². The first-order valence-corrected chi connectivity index (χ1v) is 7.62. The van der Waals surface area contributed by atoms with Crippen LogP contribution >= 0.6 is 0 Å². The predicted molar refractivity (Wildman–Crippen MR) is 85.8 cm³/mol. The van der Waals surface area contributed by atoms with Crippen LogP contribution in [0.5, 0.6) is 0 Å². The van der Waals surface area contributed by atoms with Gasteiger partial charge in [-0.05, 0) is 37.3 Å². The first kappa shape index (κ1) is 15.0. The highest BCUT2D eigenvalue weighted by Gasteiger charge is 2.23. The van der Waals surface area contributed by atoms with Gasteiger partial charge in [-0.1, -0.05) is 32.9 Å². The van der Waals surface area contributed by atoms with E-state index in [0.29, 0.717) is 0 Å². The van der Waals surface area contributed by atoms with E-state index in [4.69, 9.17) is 10.7 Å². The van der Waals surface area contributed by atoms with Crippen molar-refractivity contribution in [3.05, 3.63) is 30.1 Å². The Morgan fingerprint density at radius 1 is 1.30 bits per heavy atom. The molecule has 2 rings (SSSR count). The van der Waals surface area contributed by atoms with Gasteiger partial charge in [0, 0.05) is 19.0 Å². The highest BCUT2D eigenvalue weighted by atomic mass is 15.1. The molecule has 3 heteroatoms. The molecule has 2 aromatic rings. The van der Waals surface area contributed by atoms with E-state index in [9.17, 15) is 0 Å². The molecule has 0 spiro atoms. The van der Waals surface area contributed by atoms with Crippen molar-refractivity contribution in [2.75, 3.05) is 0 Å². The second-order valence-electron chi connectivity index (χ2n) is 6.69. The minimum atomic E-state index is 0.182. The van der Waals surface area contributed by atoms with Crippen LogP contribution in [-0.2, 0) is 13.0 Å². The summed E-state index contributed by atoms with van der Waals surface area (Å²) in [5, 5.41) is 0. The van der Waals surface area contributed by atoms with Crippen LogP contribution < -0.4 is 5.73 Å². The van der Waals surface area contributed by atoms with Gasteiger partial charge in [0.1, 0.15) is 5.82 Å². The van der Waals surface area contributed by atoms with Crippen LogP contribution in [0.15, 0.2) is 24.3 Å². The molecule has 0 amide bonds. The number of para-hydroxylation sites is 2. The van der Waals surface area contributed by atoms with Gasteiger partial charge in [0.2, 0.25) is 0 Å². The topological polar surface area (TPSA) is 43.8 Å². The number of hydrogen-bond acceptors (Lipinski definition) is 2. The van der Waals surface area contributed by atoms with E-state index in [0.717, 1.165) is 31.3 Å². The van der Waals surface area contributed by atoms with Crippen LogP contribution in [0.2, 0.25) is 0 Å². The van der Waals surface area contributed by atoms with Gasteiger partial charge in [0.15, 0.2) is 0 Å². The Labute approximate surface area is 122 Å². The molecule has 0 saturated carbocycles. The summed E-state index contributed by atoms with van der Waals surface area (Å²) in [6, 6.07) is 8.65. The van der Waals surface area contributed by atoms with E-state index in [1.54, 1.807) is 0 Å². The van der Waals surface area contributed by atoms with Crippen molar-refractivity contribution >= 4 is 11.0 Å². The molecule has 110 valence electrons. The Kier molecular flexibility index (Phi) is 4.48. The number of aromatic nitrogens is 2. The van der Waals surface area contributed by atoms with Crippen LogP contribution in [0.1, 0.15) is 46.4 Å². The zero-order chi connectivity index (χ0) is 14.8. The lowest BCUT2D eigenvalue weighted by atomic mass is 9.83. The van der Waals surface area contributed by atoms with E-state index in [-0.39, 0.29) is 11.5 Å². The standard InChI is InChI=1S/C17H27N3/c1-5-10-20-15-9-7-6-8-14(15)19-16(20)12-17(3,4)11-13(2)18/h6-9,13H,5,10-12,18H2,1-4H3. The van der Waals surface area contributed by atoms with Gasteiger partial charge in [-0.25, -0.2) is 4.98 Å². The number of fused-ring (bicyclic) bond motifs is 1. The second kappa shape index (κ2) is 5.96. The molecule has 20 heavy (non-hydrogen) atoms. The Hall–Kier alpha value is -1.35. The van der Waals surface area contributed by atoms with E-state index in [1.165, 1.54) is 11.3 Å². The zero-order valence-electron chi connectivity index (χ0n) is 13.2. The SMILES string of the molecule is CCCn1c(CC(C)(C)CC(C)N)nc2ccccc21. The van der Waals surface area contributed by atoms with Gasteiger partial charge >= 0.3 is 0 Å². The summed E-state index contributed by atoms with van der Waals surface area (Å²) in [6.45, 7) is 9.89. The second-order valence-corrected chi connectivity index (χ2v) is 6.69. The third kappa shape index (κ3) is 3.40. The maximum absolute atomic E-state index is 5.98. The van der Waals surface area contributed by atoms with E-state index in [2.05, 4.69) is 56.5 Å². The van der Waals surface area contributed by atoms with Crippen molar-refractivity contribution in [3.63, 3.8) is 0 Å². The number of imidazole rings is 1. The maximum Gasteiger partial charge on any atom is 0.110 e. The predicted octanol–water partition coefficient (Wildman–Crippen LogP) is 3.75. The van der Waals surface area contributed by atoms with Gasteiger partial charge in [-0.15, -0.1) is 0 Å². The fourth-order valence-electron chi connectivity index (χ4n) is 3.11. The number of nitrogens with zero attached hydrogens (tertiary/aromatic N) is 2.